The predicted octanol–water partition coefficient (Wildman–Crippen LogP) is 4.43. The van der Waals surface area contributed by atoms with Crippen molar-refractivity contribution in [2.24, 2.45) is 0 Å². The minimum Gasteiger partial charge on any atom is -0.454 e. The van der Waals surface area contributed by atoms with Gasteiger partial charge in [-0.1, -0.05) is 18.2 Å². The Kier molecular flexibility index (Phi) is 1.91. The highest BCUT2D eigenvalue weighted by atomic mass is 32.1. The van der Waals surface area contributed by atoms with Gasteiger partial charge in [0, 0.05) is 16.7 Å². The topological polar surface area (TPSA) is 26.0 Å². The lowest BCUT2D eigenvalue weighted by Gasteiger charge is -1.88. The van der Waals surface area contributed by atoms with Crippen molar-refractivity contribution in [1.29, 1.82) is 0 Å². The lowest BCUT2D eigenvalue weighted by molar-refractivity contribution is 0.629. The van der Waals surface area contributed by atoms with Crippen LogP contribution in [0.5, 0.6) is 0 Å². The Bertz CT molecular complexity index is 645. The van der Waals surface area contributed by atoms with Crippen LogP contribution in [-0.4, -0.2) is 4.98 Å². The van der Waals surface area contributed by atoms with Crippen molar-refractivity contribution in [2.45, 2.75) is 18.8 Å². The molecule has 2 nitrogen and oxygen atoms in total. The van der Waals surface area contributed by atoms with Gasteiger partial charge in [0.25, 0.3) is 0 Å². The van der Waals surface area contributed by atoms with E-state index in [4.69, 9.17) is 4.42 Å². The van der Waals surface area contributed by atoms with Gasteiger partial charge in [0.1, 0.15) is 11.3 Å². The van der Waals surface area contributed by atoms with Crippen molar-refractivity contribution in [3.8, 4) is 11.5 Å². The minimum atomic E-state index is 0.720. The van der Waals surface area contributed by atoms with Gasteiger partial charge in [0.15, 0.2) is 5.76 Å². The average molecular weight is 241 g/mol. The van der Waals surface area contributed by atoms with Crippen molar-refractivity contribution >= 4 is 22.3 Å². The molecule has 0 aliphatic heterocycles. The SMILES string of the molecule is c1ccc2oc(-c3csc(C4CC4)n3)cc2c1. The van der Waals surface area contributed by atoms with Crippen molar-refractivity contribution in [2.75, 3.05) is 0 Å². The summed E-state index contributed by atoms with van der Waals surface area (Å²) in [5, 5.41) is 4.51. The lowest BCUT2D eigenvalue weighted by Crippen LogP contribution is -1.77. The molecule has 3 aromatic rings. The Balaban J connectivity index is 1.80. The van der Waals surface area contributed by atoms with Crippen LogP contribution < -0.4 is 0 Å². The maximum Gasteiger partial charge on any atom is 0.154 e. The molecule has 0 spiro atoms. The van der Waals surface area contributed by atoms with Crippen LogP contribution in [-0.2, 0) is 0 Å². The number of benzene rings is 1. The molecule has 0 N–H and O–H groups in total. The van der Waals surface area contributed by atoms with Gasteiger partial charge in [-0.25, -0.2) is 4.98 Å². The van der Waals surface area contributed by atoms with E-state index in [9.17, 15) is 0 Å². The number of fused-ring (bicyclic) bond motifs is 1. The van der Waals surface area contributed by atoms with Crippen molar-refractivity contribution in [3.05, 3.63) is 40.7 Å². The van der Waals surface area contributed by atoms with E-state index >= 15 is 0 Å². The molecule has 0 atom stereocenters. The van der Waals surface area contributed by atoms with Gasteiger partial charge in [-0.3, -0.25) is 0 Å². The number of hydrogen-bond donors (Lipinski definition) is 0. The summed E-state index contributed by atoms with van der Waals surface area (Å²) in [6.45, 7) is 0. The molecule has 1 aliphatic carbocycles. The van der Waals surface area contributed by atoms with E-state index < -0.39 is 0 Å². The molecule has 84 valence electrons. The molecule has 1 fully saturated rings. The number of thiazole rings is 1. The molecule has 0 unspecified atom stereocenters. The second kappa shape index (κ2) is 3.44. The number of rotatable bonds is 2. The van der Waals surface area contributed by atoms with Gasteiger partial charge in [-0.15, -0.1) is 11.3 Å². The second-order valence-corrected chi connectivity index (χ2v) is 5.38. The third-order valence-corrected chi connectivity index (χ3v) is 4.13. The fourth-order valence-electron chi connectivity index (χ4n) is 2.03. The van der Waals surface area contributed by atoms with Crippen LogP contribution in [0.1, 0.15) is 23.8 Å². The molecular weight excluding hydrogens is 230 g/mol. The first kappa shape index (κ1) is 9.42. The number of nitrogens with zero attached hydrogens (tertiary/aromatic N) is 1. The average Bonchev–Trinajstić information content (AvgIpc) is 2.94. The van der Waals surface area contributed by atoms with E-state index in [0.717, 1.165) is 28.3 Å². The first-order chi connectivity index (χ1) is 8.40. The van der Waals surface area contributed by atoms with Crippen LogP contribution in [0.2, 0.25) is 0 Å². The van der Waals surface area contributed by atoms with Gasteiger partial charge >= 0.3 is 0 Å². The summed E-state index contributed by atoms with van der Waals surface area (Å²) in [5.41, 5.74) is 1.91. The smallest absolute Gasteiger partial charge is 0.154 e. The van der Waals surface area contributed by atoms with E-state index in [-0.39, 0.29) is 0 Å². The Labute approximate surface area is 103 Å². The summed E-state index contributed by atoms with van der Waals surface area (Å²) >= 11 is 1.75. The molecule has 1 aliphatic rings. The zero-order valence-electron chi connectivity index (χ0n) is 9.22. The molecule has 0 radical (unpaired) electrons. The fourth-order valence-corrected chi connectivity index (χ4v) is 3.01. The Morgan fingerprint density at radius 1 is 1.24 bits per heavy atom. The number of hydrogen-bond acceptors (Lipinski definition) is 3. The molecule has 2 aromatic heterocycles. The third-order valence-electron chi connectivity index (χ3n) is 3.13. The van der Waals surface area contributed by atoms with Gasteiger partial charge in [0.05, 0.1) is 5.01 Å². The summed E-state index contributed by atoms with van der Waals surface area (Å²) in [7, 11) is 0. The Morgan fingerprint density at radius 2 is 2.12 bits per heavy atom. The largest absolute Gasteiger partial charge is 0.454 e. The zero-order chi connectivity index (χ0) is 11.2. The van der Waals surface area contributed by atoms with Gasteiger partial charge in [-0.05, 0) is 25.0 Å². The summed E-state index contributed by atoms with van der Waals surface area (Å²) in [5.74, 6) is 1.60. The van der Waals surface area contributed by atoms with E-state index in [1.807, 2.05) is 18.2 Å². The number of para-hydroxylation sites is 1. The molecule has 3 heteroatoms. The van der Waals surface area contributed by atoms with Gasteiger partial charge in [0.2, 0.25) is 0 Å². The van der Waals surface area contributed by atoms with Crippen molar-refractivity contribution in [3.63, 3.8) is 0 Å². The summed E-state index contributed by atoms with van der Waals surface area (Å²) in [4.78, 5) is 4.66. The van der Waals surface area contributed by atoms with Crippen molar-refractivity contribution in [1.82, 2.24) is 4.98 Å². The Morgan fingerprint density at radius 3 is 2.94 bits per heavy atom. The van der Waals surface area contributed by atoms with E-state index in [0.29, 0.717) is 0 Å². The molecular formula is C14H11NOS. The molecule has 4 rings (SSSR count). The molecule has 0 amide bonds. The van der Waals surface area contributed by atoms with Crippen LogP contribution in [0.25, 0.3) is 22.4 Å². The quantitative estimate of drug-likeness (QED) is 0.663. The fraction of sp³-hybridized carbons (Fsp3) is 0.214. The zero-order valence-corrected chi connectivity index (χ0v) is 10.0. The molecule has 1 aromatic carbocycles. The third kappa shape index (κ3) is 1.58. The first-order valence-corrected chi connectivity index (χ1v) is 6.72. The normalized spacial score (nSPS) is 15.5. The molecule has 0 saturated heterocycles. The first-order valence-electron chi connectivity index (χ1n) is 5.84. The molecule has 1 saturated carbocycles. The molecule has 17 heavy (non-hydrogen) atoms. The van der Waals surface area contributed by atoms with Crippen LogP contribution in [0.4, 0.5) is 0 Å². The monoisotopic (exact) mass is 241 g/mol. The summed E-state index contributed by atoms with van der Waals surface area (Å²) < 4.78 is 5.81. The maximum absolute atomic E-state index is 5.81. The standard InChI is InChI=1S/C14H11NOS/c1-2-4-12-10(3-1)7-13(16-12)11-8-17-14(15-11)9-5-6-9/h1-4,7-9H,5-6H2. The van der Waals surface area contributed by atoms with E-state index in [1.54, 1.807) is 11.3 Å². The van der Waals surface area contributed by atoms with Crippen LogP contribution in [0, 0.1) is 0 Å². The minimum absolute atomic E-state index is 0.720. The molecule has 2 heterocycles. The van der Waals surface area contributed by atoms with Crippen LogP contribution in [0.15, 0.2) is 40.1 Å². The lowest BCUT2D eigenvalue weighted by atomic mass is 10.2. The highest BCUT2D eigenvalue weighted by molar-refractivity contribution is 7.10. The van der Waals surface area contributed by atoms with Crippen LogP contribution >= 0.6 is 11.3 Å². The van der Waals surface area contributed by atoms with E-state index in [1.165, 1.54) is 17.8 Å². The van der Waals surface area contributed by atoms with E-state index in [2.05, 4.69) is 22.5 Å². The highest BCUT2D eigenvalue weighted by Crippen LogP contribution is 2.42. The second-order valence-electron chi connectivity index (χ2n) is 4.49. The highest BCUT2D eigenvalue weighted by Gasteiger charge is 2.27. The number of aromatic nitrogens is 1. The predicted molar refractivity (Wildman–Crippen MR) is 69.3 cm³/mol. The van der Waals surface area contributed by atoms with Gasteiger partial charge < -0.3 is 4.42 Å². The van der Waals surface area contributed by atoms with Crippen molar-refractivity contribution < 1.29 is 4.42 Å². The summed E-state index contributed by atoms with van der Waals surface area (Å²) in [6.07, 6.45) is 2.60. The van der Waals surface area contributed by atoms with Crippen LogP contribution in [0.3, 0.4) is 0 Å². The maximum atomic E-state index is 5.81. The summed E-state index contributed by atoms with van der Waals surface area (Å²) in [6, 6.07) is 10.1. The molecule has 0 bridgehead atoms. The Hall–Kier alpha value is -1.61. The number of furan rings is 1. The van der Waals surface area contributed by atoms with Gasteiger partial charge in [-0.2, -0.15) is 0 Å².